The van der Waals surface area contributed by atoms with Crippen LogP contribution in [0.15, 0.2) is 0 Å². The molecule has 12 saturated carbocycles. The second kappa shape index (κ2) is 1.82. The summed E-state index contributed by atoms with van der Waals surface area (Å²) in [6.45, 7) is 2.89. The first-order valence-electron chi connectivity index (χ1n) is 10.4. The highest BCUT2D eigenvalue weighted by atomic mass is 15.0. The minimum Gasteiger partial charge on any atom is -0.0588 e. The number of rotatable bonds is 0. The van der Waals surface area contributed by atoms with E-state index in [2.05, 4.69) is 6.92 Å². The molecule has 0 aromatic carbocycles. The second-order valence-corrected chi connectivity index (χ2v) is 12.2. The smallest absolute Gasteiger partial charge is 0.0224 e. The first kappa shape index (κ1) is 8.74. The second-order valence-electron chi connectivity index (χ2n) is 12.2. The predicted molar refractivity (Wildman–Crippen MR) is 74.4 cm³/mol. The maximum Gasteiger partial charge on any atom is -0.0224 e. The van der Waals surface area contributed by atoms with Crippen LogP contribution in [0.4, 0.5) is 0 Å². The van der Waals surface area contributed by atoms with Crippen LogP contribution < -0.4 is 0 Å². The van der Waals surface area contributed by atoms with Gasteiger partial charge in [-0.05, 0) is 118 Å². The van der Waals surface area contributed by atoms with E-state index in [4.69, 9.17) is 0 Å². The molecule has 0 amide bonds. The number of hydrogen-bond acceptors (Lipinski definition) is 0. The Kier molecular flexibility index (Phi) is 0.757. The summed E-state index contributed by atoms with van der Waals surface area (Å²) in [7, 11) is 0. The van der Waals surface area contributed by atoms with Crippen LogP contribution in [0.1, 0.15) is 6.92 Å². The van der Waals surface area contributed by atoms with Crippen molar-refractivity contribution in [1.29, 1.82) is 0 Å². The van der Waals surface area contributed by atoms with Crippen molar-refractivity contribution >= 4 is 0 Å². The Morgan fingerprint density at radius 2 is 0.524 bits per heavy atom. The molecule has 0 aliphatic heterocycles. The topological polar surface area (TPSA) is 0 Å². The van der Waals surface area contributed by atoms with Gasteiger partial charge in [0.25, 0.3) is 0 Å². The first-order valence-corrected chi connectivity index (χ1v) is 10.4. The molecule has 12 rings (SSSR count). The van der Waals surface area contributed by atoms with E-state index in [0.29, 0.717) is 0 Å². The Labute approximate surface area is 125 Å². The van der Waals surface area contributed by atoms with Crippen LogP contribution in [0, 0.1) is 118 Å². The van der Waals surface area contributed by atoms with Gasteiger partial charge in [0.1, 0.15) is 0 Å². The highest BCUT2D eigenvalue weighted by molar-refractivity contribution is 5.47. The Morgan fingerprint density at radius 1 is 0.333 bits per heavy atom. The minimum absolute atomic E-state index is 0.901. The fourth-order valence-corrected chi connectivity index (χ4v) is 16.0. The molecule has 12 aliphatic carbocycles. The van der Waals surface area contributed by atoms with Crippen molar-refractivity contribution in [1.82, 2.24) is 0 Å². The van der Waals surface area contributed by atoms with Gasteiger partial charge in [-0.3, -0.25) is 0 Å². The monoisotopic (exact) mass is 274 g/mol. The van der Waals surface area contributed by atoms with Crippen LogP contribution in [0.5, 0.6) is 0 Å². The molecule has 12 atom stereocenters. The first-order chi connectivity index (χ1) is 10.4. The Bertz CT molecular complexity index is 605. The molecular weight excluding hydrogens is 252 g/mol. The molecule has 0 radical (unpaired) electrons. The van der Waals surface area contributed by atoms with Gasteiger partial charge in [-0.15, -0.1) is 0 Å². The standard InChI is InChI=1S/C21H22/c1-21-18-12-6-3-2-4-8(6)14(18)16-10(4)11-5(2)9-7(3)13(12)19(21)15(9)17(11)20(16)21/h2-20H,1H3. The maximum absolute atomic E-state index is 2.89. The van der Waals surface area contributed by atoms with Crippen LogP contribution in [0.2, 0.25) is 0 Å². The van der Waals surface area contributed by atoms with Crippen molar-refractivity contribution in [2.24, 2.45) is 118 Å². The maximum atomic E-state index is 2.89. The van der Waals surface area contributed by atoms with Crippen molar-refractivity contribution in [3.63, 3.8) is 0 Å². The van der Waals surface area contributed by atoms with Crippen molar-refractivity contribution in [2.45, 2.75) is 6.92 Å². The summed E-state index contributed by atoms with van der Waals surface area (Å²) in [6.07, 6.45) is 0. The molecule has 21 heavy (non-hydrogen) atoms. The van der Waals surface area contributed by atoms with Gasteiger partial charge in [-0.1, -0.05) is 6.92 Å². The van der Waals surface area contributed by atoms with Gasteiger partial charge in [0, 0.05) is 0 Å². The molecule has 0 saturated heterocycles. The van der Waals surface area contributed by atoms with E-state index in [0.717, 1.165) is 5.41 Å². The third-order valence-corrected chi connectivity index (χ3v) is 14.0. The molecule has 12 unspecified atom stereocenters. The fraction of sp³-hybridized carbons (Fsp3) is 1.00. The summed E-state index contributed by atoms with van der Waals surface area (Å²) in [4.78, 5) is 0. The van der Waals surface area contributed by atoms with Gasteiger partial charge in [-0.25, -0.2) is 0 Å². The molecule has 0 bridgehead atoms. The molecule has 0 N–H and O–H groups in total. The van der Waals surface area contributed by atoms with Crippen molar-refractivity contribution in [3.05, 3.63) is 0 Å². The van der Waals surface area contributed by atoms with Gasteiger partial charge in [0.05, 0.1) is 0 Å². The summed E-state index contributed by atoms with van der Waals surface area (Å²) in [6, 6.07) is 0. The summed E-state index contributed by atoms with van der Waals surface area (Å²) in [5.41, 5.74) is 0.901. The lowest BCUT2D eigenvalue weighted by Gasteiger charge is -2.36. The van der Waals surface area contributed by atoms with Crippen molar-refractivity contribution in [2.75, 3.05) is 0 Å². The van der Waals surface area contributed by atoms with Crippen LogP contribution >= 0.6 is 0 Å². The molecule has 12 fully saturated rings. The fourth-order valence-electron chi connectivity index (χ4n) is 16.0. The van der Waals surface area contributed by atoms with Crippen molar-refractivity contribution in [3.8, 4) is 0 Å². The lowest BCUT2D eigenvalue weighted by atomic mass is 9.68. The lowest BCUT2D eigenvalue weighted by Crippen LogP contribution is -2.33. The summed E-state index contributed by atoms with van der Waals surface area (Å²) >= 11 is 0. The van der Waals surface area contributed by atoms with Crippen LogP contribution in [0.25, 0.3) is 0 Å². The quantitative estimate of drug-likeness (QED) is 0.637. The summed E-state index contributed by atoms with van der Waals surface area (Å²) in [5, 5.41) is 0. The SMILES string of the molecule is CC12C3C4C5C6C7C8C5C3C3C8C5C7C7C6C4C1C7C5C32. The largest absolute Gasteiger partial charge is 0.0588 e. The Morgan fingerprint density at radius 3 is 0.762 bits per heavy atom. The van der Waals surface area contributed by atoms with Crippen LogP contribution in [0.3, 0.4) is 0 Å². The summed E-state index contributed by atoms with van der Waals surface area (Å²) in [5.74, 6) is 24.8. The Hall–Kier alpha value is 0. The molecule has 12 aliphatic rings. The molecule has 0 spiro atoms. The highest BCUT2D eigenvalue weighted by Gasteiger charge is 3.01. The van der Waals surface area contributed by atoms with Gasteiger partial charge in [0.2, 0.25) is 0 Å². The van der Waals surface area contributed by atoms with E-state index in [1.165, 1.54) is 112 Å². The lowest BCUT2D eigenvalue weighted by molar-refractivity contribution is 0.104. The molecule has 0 aromatic rings. The van der Waals surface area contributed by atoms with E-state index in [1.54, 1.807) is 0 Å². The summed E-state index contributed by atoms with van der Waals surface area (Å²) < 4.78 is 0. The predicted octanol–water partition coefficient (Wildman–Crippen LogP) is 2.85. The number of hydrogen-bond donors (Lipinski definition) is 0. The van der Waals surface area contributed by atoms with Gasteiger partial charge >= 0.3 is 0 Å². The molecule has 0 aromatic heterocycles. The van der Waals surface area contributed by atoms with Crippen LogP contribution in [-0.4, -0.2) is 0 Å². The van der Waals surface area contributed by atoms with Gasteiger partial charge in [-0.2, -0.15) is 0 Å². The Balaban J connectivity index is 1.49. The average Bonchev–Trinajstić information content (AvgIpc) is 3.10. The van der Waals surface area contributed by atoms with E-state index in [-0.39, 0.29) is 0 Å². The average molecular weight is 274 g/mol. The molecule has 0 heterocycles. The third kappa shape index (κ3) is 0.408. The van der Waals surface area contributed by atoms with Gasteiger partial charge in [0.15, 0.2) is 0 Å². The van der Waals surface area contributed by atoms with Crippen molar-refractivity contribution < 1.29 is 0 Å². The van der Waals surface area contributed by atoms with Gasteiger partial charge < -0.3 is 0 Å². The highest BCUT2D eigenvalue weighted by Crippen LogP contribution is 3.04. The normalized spacial score (nSPS) is 107. The molecule has 0 nitrogen and oxygen atoms in total. The van der Waals surface area contributed by atoms with Crippen LogP contribution in [-0.2, 0) is 0 Å². The molecular formula is C21H22. The molecule has 0 heteroatoms. The van der Waals surface area contributed by atoms with E-state index in [9.17, 15) is 0 Å². The minimum atomic E-state index is 0.901. The zero-order valence-electron chi connectivity index (χ0n) is 12.5. The third-order valence-electron chi connectivity index (χ3n) is 14.0. The van der Waals surface area contributed by atoms with E-state index >= 15 is 0 Å². The van der Waals surface area contributed by atoms with E-state index < -0.39 is 0 Å². The van der Waals surface area contributed by atoms with E-state index in [1.807, 2.05) is 0 Å². The zero-order valence-corrected chi connectivity index (χ0v) is 12.5. The zero-order chi connectivity index (χ0) is 12.5. The molecule has 106 valence electrons.